The van der Waals surface area contributed by atoms with E-state index >= 15 is 0 Å². The van der Waals surface area contributed by atoms with Crippen LogP contribution in [0, 0.1) is 12.8 Å². The van der Waals surface area contributed by atoms with E-state index in [4.69, 9.17) is 4.74 Å². The van der Waals surface area contributed by atoms with Gasteiger partial charge in [-0.15, -0.1) is 0 Å². The van der Waals surface area contributed by atoms with Crippen molar-refractivity contribution in [2.45, 2.75) is 81.6 Å². The maximum Gasteiger partial charge on any atom is 0.312 e. The van der Waals surface area contributed by atoms with E-state index in [1.165, 1.54) is 0 Å². The predicted molar refractivity (Wildman–Crippen MR) is 99.8 cm³/mol. The van der Waals surface area contributed by atoms with Gasteiger partial charge in [-0.3, -0.25) is 9.00 Å². The number of ether oxygens (including phenoxy) is 1. The fourth-order valence-electron chi connectivity index (χ4n) is 3.37. The first-order valence-corrected chi connectivity index (χ1v) is 10.2. The minimum absolute atomic E-state index is 0.428. The average Bonchev–Trinajstić information content (AvgIpc) is 2.53. The molecule has 1 aromatic rings. The molecule has 5 heteroatoms. The number of rotatable bonds is 4. The van der Waals surface area contributed by atoms with Gasteiger partial charge in [0.05, 0.1) is 27.6 Å². The van der Waals surface area contributed by atoms with E-state index in [0.29, 0.717) is 17.7 Å². The summed E-state index contributed by atoms with van der Waals surface area (Å²) in [7, 11) is -1.37. The van der Waals surface area contributed by atoms with E-state index in [-0.39, 0.29) is 0 Å². The maximum atomic E-state index is 13.1. The number of hydrogen-bond donors (Lipinski definition) is 1. The third-order valence-electron chi connectivity index (χ3n) is 4.87. The van der Waals surface area contributed by atoms with Gasteiger partial charge >= 0.3 is 5.97 Å². The van der Waals surface area contributed by atoms with Gasteiger partial charge in [0, 0.05) is 4.90 Å². The van der Waals surface area contributed by atoms with Crippen molar-refractivity contribution >= 4 is 16.8 Å². The van der Waals surface area contributed by atoms with Crippen LogP contribution in [0.2, 0.25) is 0 Å². The zero-order valence-corrected chi connectivity index (χ0v) is 16.7. The highest BCUT2D eigenvalue weighted by Crippen LogP contribution is 2.40. The fraction of sp³-hybridized carbons (Fsp3) is 0.650. The van der Waals surface area contributed by atoms with Crippen LogP contribution < -0.4 is 0 Å². The lowest BCUT2D eigenvalue weighted by molar-refractivity contribution is -0.170. The lowest BCUT2D eigenvalue weighted by atomic mass is 9.76. The second-order valence-corrected chi connectivity index (χ2v) is 9.73. The molecule has 4 atom stereocenters. The Morgan fingerprint density at radius 3 is 2.44 bits per heavy atom. The van der Waals surface area contributed by atoms with E-state index in [2.05, 4.69) is 0 Å². The first-order chi connectivity index (χ1) is 11.5. The summed E-state index contributed by atoms with van der Waals surface area (Å²) in [6.07, 6.45) is 2.84. The third-order valence-corrected chi connectivity index (χ3v) is 6.77. The molecule has 25 heavy (non-hydrogen) atoms. The van der Waals surface area contributed by atoms with Crippen LogP contribution in [-0.4, -0.2) is 31.7 Å². The van der Waals surface area contributed by atoms with E-state index in [9.17, 15) is 14.1 Å². The molecule has 1 fully saturated rings. The molecule has 4 unspecified atom stereocenters. The topological polar surface area (TPSA) is 63.6 Å². The Kier molecular flexibility index (Phi) is 6.10. The monoisotopic (exact) mass is 366 g/mol. The largest absolute Gasteiger partial charge is 0.460 e. The molecule has 4 nitrogen and oxygen atoms in total. The first kappa shape index (κ1) is 20.1. The smallest absolute Gasteiger partial charge is 0.312 e. The summed E-state index contributed by atoms with van der Waals surface area (Å²) >= 11 is 0. The molecule has 140 valence electrons. The molecular formula is C20H30O4S. The van der Waals surface area contributed by atoms with Crippen molar-refractivity contribution in [2.75, 3.05) is 0 Å². The van der Waals surface area contributed by atoms with Crippen LogP contribution in [0.25, 0.3) is 0 Å². The van der Waals surface area contributed by atoms with Crippen molar-refractivity contribution in [1.82, 2.24) is 0 Å². The molecule has 0 spiro atoms. The Bertz CT molecular complexity index is 632. The molecule has 1 aromatic carbocycles. The van der Waals surface area contributed by atoms with Gasteiger partial charge in [-0.25, -0.2) is 0 Å². The van der Waals surface area contributed by atoms with E-state index in [0.717, 1.165) is 18.4 Å². The Labute approximate surface area is 153 Å². The lowest BCUT2D eigenvalue weighted by Gasteiger charge is -2.43. The fourth-order valence-corrected chi connectivity index (χ4v) is 5.17. The summed E-state index contributed by atoms with van der Waals surface area (Å²) in [4.78, 5) is 13.2. The number of hydrogen-bond acceptors (Lipinski definition) is 4. The molecule has 1 saturated carbocycles. The highest BCUT2D eigenvalue weighted by molar-refractivity contribution is 7.85. The highest BCUT2D eigenvalue weighted by Gasteiger charge is 2.50. The van der Waals surface area contributed by atoms with Crippen molar-refractivity contribution < 1.29 is 18.8 Å². The summed E-state index contributed by atoms with van der Waals surface area (Å²) in [6.45, 7) is 9.10. The third kappa shape index (κ3) is 4.70. The van der Waals surface area contributed by atoms with Crippen LogP contribution in [-0.2, 0) is 20.3 Å². The van der Waals surface area contributed by atoms with Gasteiger partial charge in [0.1, 0.15) is 5.60 Å². The van der Waals surface area contributed by atoms with Crippen LogP contribution in [0.3, 0.4) is 0 Å². The summed E-state index contributed by atoms with van der Waals surface area (Å²) < 4.78 is 18.6. The zero-order valence-electron chi connectivity index (χ0n) is 15.9. The Morgan fingerprint density at radius 2 is 1.88 bits per heavy atom. The standard InChI is InChI=1S/C20H30O4S/c1-14-9-11-16(12-10-14)25(23)17-8-6-7-13-20(17,22)15(2)18(21)24-19(3,4)5/h9-12,15,17,22H,6-8,13H2,1-5H3. The number of aliphatic hydroxyl groups is 1. The van der Waals surface area contributed by atoms with E-state index < -0.39 is 39.1 Å². The van der Waals surface area contributed by atoms with Gasteiger partial charge in [-0.1, -0.05) is 30.5 Å². The molecule has 2 rings (SSSR count). The lowest BCUT2D eigenvalue weighted by Crippen LogP contribution is -2.55. The van der Waals surface area contributed by atoms with Crippen molar-refractivity contribution in [3.05, 3.63) is 29.8 Å². The molecule has 0 heterocycles. The molecule has 1 N–H and O–H groups in total. The van der Waals surface area contributed by atoms with Gasteiger partial charge in [-0.05, 0) is 59.6 Å². The summed E-state index contributed by atoms with van der Waals surface area (Å²) in [5.74, 6) is -1.14. The summed E-state index contributed by atoms with van der Waals surface area (Å²) in [5, 5.41) is 10.9. The van der Waals surface area contributed by atoms with Crippen molar-refractivity contribution in [2.24, 2.45) is 5.92 Å². The van der Waals surface area contributed by atoms with E-state index in [1.54, 1.807) is 6.92 Å². The number of carbonyl (C=O) groups is 1. The average molecular weight is 367 g/mol. The van der Waals surface area contributed by atoms with Gasteiger partial charge in [-0.2, -0.15) is 0 Å². The van der Waals surface area contributed by atoms with Crippen LogP contribution >= 0.6 is 0 Å². The van der Waals surface area contributed by atoms with Gasteiger partial charge in [0.25, 0.3) is 0 Å². The number of esters is 1. The van der Waals surface area contributed by atoms with E-state index in [1.807, 2.05) is 52.0 Å². The number of benzene rings is 1. The molecule has 0 amide bonds. The minimum Gasteiger partial charge on any atom is -0.460 e. The van der Waals surface area contributed by atoms with Crippen molar-refractivity contribution in [3.63, 3.8) is 0 Å². The van der Waals surface area contributed by atoms with Crippen LogP contribution in [0.5, 0.6) is 0 Å². The van der Waals surface area contributed by atoms with Gasteiger partial charge < -0.3 is 9.84 Å². The molecule has 0 saturated heterocycles. The van der Waals surface area contributed by atoms with Crippen LogP contribution in [0.4, 0.5) is 0 Å². The van der Waals surface area contributed by atoms with Crippen molar-refractivity contribution in [3.8, 4) is 0 Å². The Balaban J connectivity index is 2.27. The second-order valence-electron chi connectivity index (χ2n) is 8.09. The summed E-state index contributed by atoms with van der Waals surface area (Å²) in [6, 6.07) is 7.54. The minimum atomic E-state index is -1.37. The van der Waals surface area contributed by atoms with Gasteiger partial charge in [0.2, 0.25) is 0 Å². The molecule has 1 aliphatic carbocycles. The van der Waals surface area contributed by atoms with Gasteiger partial charge in [0.15, 0.2) is 0 Å². The van der Waals surface area contributed by atoms with Crippen molar-refractivity contribution in [1.29, 1.82) is 0 Å². The quantitative estimate of drug-likeness (QED) is 0.824. The maximum absolute atomic E-state index is 13.1. The predicted octanol–water partition coefficient (Wildman–Crippen LogP) is 3.75. The first-order valence-electron chi connectivity index (χ1n) is 8.97. The number of aryl methyl sites for hydroxylation is 1. The normalized spacial score (nSPS) is 26.7. The Hall–Kier alpha value is -1.20. The van der Waals surface area contributed by atoms with Crippen LogP contribution in [0.15, 0.2) is 29.2 Å². The zero-order chi connectivity index (χ0) is 18.8. The molecule has 0 aromatic heterocycles. The molecule has 0 aliphatic heterocycles. The SMILES string of the molecule is Cc1ccc(S(=O)C2CCCCC2(O)C(C)C(=O)OC(C)(C)C)cc1. The second kappa shape index (κ2) is 7.58. The molecule has 0 radical (unpaired) electrons. The Morgan fingerprint density at radius 1 is 1.28 bits per heavy atom. The molecule has 1 aliphatic rings. The molecular weight excluding hydrogens is 336 g/mol. The summed E-state index contributed by atoms with van der Waals surface area (Å²) in [5.41, 5.74) is -0.819. The number of carbonyl (C=O) groups excluding carboxylic acids is 1. The highest BCUT2D eigenvalue weighted by atomic mass is 32.2. The van der Waals surface area contributed by atoms with Crippen LogP contribution in [0.1, 0.15) is 58.9 Å². The molecule has 0 bridgehead atoms.